The lowest BCUT2D eigenvalue weighted by Crippen LogP contribution is -2.29. The summed E-state index contributed by atoms with van der Waals surface area (Å²) in [5, 5.41) is 5.50. The molecular weight excluding hydrogens is 281 g/mol. The minimum absolute atomic E-state index is 0.0327. The molecule has 0 aliphatic heterocycles. The molecule has 0 heterocycles. The quantitative estimate of drug-likeness (QED) is 0.891. The van der Waals surface area contributed by atoms with E-state index in [-0.39, 0.29) is 5.56 Å². The number of nitrogens with one attached hydrogen (secondary N) is 2. The van der Waals surface area contributed by atoms with Gasteiger partial charge in [0, 0.05) is 19.3 Å². The SMILES string of the molecule is CNc1ccc(C(F)(F)F)cc1C(=O)NCC1CCCC1. The van der Waals surface area contributed by atoms with Crippen LogP contribution in [0.3, 0.4) is 0 Å². The predicted octanol–water partition coefficient (Wildman–Crippen LogP) is 3.67. The Morgan fingerprint density at radius 3 is 2.52 bits per heavy atom. The maximum Gasteiger partial charge on any atom is 0.416 e. The van der Waals surface area contributed by atoms with Crippen LogP contribution in [0.2, 0.25) is 0 Å². The van der Waals surface area contributed by atoms with E-state index in [9.17, 15) is 18.0 Å². The van der Waals surface area contributed by atoms with Gasteiger partial charge in [0.2, 0.25) is 0 Å². The summed E-state index contributed by atoms with van der Waals surface area (Å²) in [7, 11) is 1.58. The summed E-state index contributed by atoms with van der Waals surface area (Å²) in [5.41, 5.74) is -0.384. The number of rotatable bonds is 4. The van der Waals surface area contributed by atoms with Crippen molar-refractivity contribution in [2.45, 2.75) is 31.9 Å². The number of alkyl halides is 3. The van der Waals surface area contributed by atoms with Crippen LogP contribution in [-0.2, 0) is 6.18 Å². The van der Waals surface area contributed by atoms with Gasteiger partial charge in [0.1, 0.15) is 0 Å². The van der Waals surface area contributed by atoms with E-state index >= 15 is 0 Å². The van der Waals surface area contributed by atoms with E-state index < -0.39 is 17.6 Å². The number of hydrogen-bond donors (Lipinski definition) is 2. The molecule has 1 amide bonds. The summed E-state index contributed by atoms with van der Waals surface area (Å²) in [4.78, 5) is 12.1. The molecular formula is C15H19F3N2O. The first-order valence-corrected chi connectivity index (χ1v) is 7.09. The zero-order chi connectivity index (χ0) is 15.5. The molecule has 1 aliphatic rings. The summed E-state index contributed by atoms with van der Waals surface area (Å²) in [6.07, 6.45) is 0.00792. The van der Waals surface area contributed by atoms with Crippen LogP contribution >= 0.6 is 0 Å². The van der Waals surface area contributed by atoms with Crippen molar-refractivity contribution in [1.82, 2.24) is 5.32 Å². The van der Waals surface area contributed by atoms with Crippen LogP contribution in [0.25, 0.3) is 0 Å². The zero-order valence-electron chi connectivity index (χ0n) is 11.9. The molecule has 0 aromatic heterocycles. The van der Waals surface area contributed by atoms with Crippen molar-refractivity contribution in [2.24, 2.45) is 5.92 Å². The Hall–Kier alpha value is -1.72. The lowest BCUT2D eigenvalue weighted by Gasteiger charge is -2.15. The van der Waals surface area contributed by atoms with Gasteiger partial charge in [-0.1, -0.05) is 12.8 Å². The molecule has 3 nitrogen and oxygen atoms in total. The molecule has 2 rings (SSSR count). The van der Waals surface area contributed by atoms with Crippen molar-refractivity contribution in [1.29, 1.82) is 0 Å². The molecule has 0 radical (unpaired) electrons. The van der Waals surface area contributed by atoms with Gasteiger partial charge < -0.3 is 10.6 Å². The Labute approximate surface area is 121 Å². The van der Waals surface area contributed by atoms with Crippen LogP contribution in [-0.4, -0.2) is 19.5 Å². The van der Waals surface area contributed by atoms with Crippen LogP contribution in [0.1, 0.15) is 41.6 Å². The third-order valence-electron chi connectivity index (χ3n) is 3.89. The molecule has 1 fully saturated rings. The maximum absolute atomic E-state index is 12.7. The van der Waals surface area contributed by atoms with Crippen LogP contribution < -0.4 is 10.6 Å². The van der Waals surface area contributed by atoms with Crippen LogP contribution in [0.5, 0.6) is 0 Å². The minimum Gasteiger partial charge on any atom is -0.387 e. The van der Waals surface area contributed by atoms with Crippen LogP contribution in [0.4, 0.5) is 18.9 Å². The van der Waals surface area contributed by atoms with E-state index in [0.717, 1.165) is 37.8 Å². The number of carbonyl (C=O) groups excluding carboxylic acids is 1. The number of amides is 1. The molecule has 0 saturated heterocycles. The fourth-order valence-electron chi connectivity index (χ4n) is 2.67. The highest BCUT2D eigenvalue weighted by molar-refractivity contribution is 5.99. The molecule has 2 N–H and O–H groups in total. The first-order chi connectivity index (χ1) is 9.91. The summed E-state index contributed by atoms with van der Waals surface area (Å²) < 4.78 is 38.2. The second kappa shape index (κ2) is 6.37. The van der Waals surface area contributed by atoms with Gasteiger partial charge in [-0.15, -0.1) is 0 Å². The Morgan fingerprint density at radius 2 is 1.95 bits per heavy atom. The van der Waals surface area contributed by atoms with E-state index in [0.29, 0.717) is 18.2 Å². The number of carbonyl (C=O) groups is 1. The van der Waals surface area contributed by atoms with Crippen LogP contribution in [0, 0.1) is 5.92 Å². The Kier molecular flexibility index (Phi) is 4.75. The number of hydrogen-bond acceptors (Lipinski definition) is 2. The van der Waals surface area contributed by atoms with Gasteiger partial charge in [0.05, 0.1) is 11.1 Å². The zero-order valence-corrected chi connectivity index (χ0v) is 11.9. The van der Waals surface area contributed by atoms with Crippen molar-refractivity contribution in [3.8, 4) is 0 Å². The van der Waals surface area contributed by atoms with Gasteiger partial charge in [-0.05, 0) is 37.0 Å². The summed E-state index contributed by atoms with van der Waals surface area (Å²) in [5.74, 6) is -0.0184. The Balaban J connectivity index is 2.13. The summed E-state index contributed by atoms with van der Waals surface area (Å²) >= 11 is 0. The molecule has 1 aromatic carbocycles. The molecule has 0 atom stereocenters. The largest absolute Gasteiger partial charge is 0.416 e. The minimum atomic E-state index is -4.45. The molecule has 0 spiro atoms. The Morgan fingerprint density at radius 1 is 1.29 bits per heavy atom. The third-order valence-corrected chi connectivity index (χ3v) is 3.89. The van der Waals surface area contributed by atoms with Gasteiger partial charge in [-0.3, -0.25) is 4.79 Å². The lowest BCUT2D eigenvalue weighted by atomic mass is 10.1. The van der Waals surface area contributed by atoms with E-state index in [4.69, 9.17) is 0 Å². The predicted molar refractivity (Wildman–Crippen MR) is 75.3 cm³/mol. The average molecular weight is 300 g/mol. The second-order valence-corrected chi connectivity index (χ2v) is 5.37. The van der Waals surface area contributed by atoms with Crippen molar-refractivity contribution in [3.63, 3.8) is 0 Å². The van der Waals surface area contributed by atoms with E-state index in [1.165, 1.54) is 6.07 Å². The van der Waals surface area contributed by atoms with Gasteiger partial charge in [0.25, 0.3) is 5.91 Å². The Bertz CT molecular complexity index is 508. The highest BCUT2D eigenvalue weighted by Crippen LogP contribution is 2.32. The first kappa shape index (κ1) is 15.7. The summed E-state index contributed by atoms with van der Waals surface area (Å²) in [6, 6.07) is 3.16. The van der Waals surface area contributed by atoms with Gasteiger partial charge in [-0.2, -0.15) is 13.2 Å². The van der Waals surface area contributed by atoms with E-state index in [1.54, 1.807) is 7.05 Å². The maximum atomic E-state index is 12.7. The summed E-state index contributed by atoms with van der Waals surface area (Å²) in [6.45, 7) is 0.526. The first-order valence-electron chi connectivity index (χ1n) is 7.09. The lowest BCUT2D eigenvalue weighted by molar-refractivity contribution is -0.137. The highest BCUT2D eigenvalue weighted by atomic mass is 19.4. The standard InChI is InChI=1S/C15H19F3N2O/c1-19-13-7-6-11(15(16,17)18)8-12(13)14(21)20-9-10-4-2-3-5-10/h6-8,10,19H,2-5,9H2,1H3,(H,20,21). The molecule has 6 heteroatoms. The molecule has 1 aliphatic carbocycles. The normalized spacial score (nSPS) is 16.0. The molecule has 21 heavy (non-hydrogen) atoms. The molecule has 0 unspecified atom stereocenters. The van der Waals surface area contributed by atoms with Crippen LogP contribution in [0.15, 0.2) is 18.2 Å². The van der Waals surface area contributed by atoms with Gasteiger partial charge in [-0.25, -0.2) is 0 Å². The van der Waals surface area contributed by atoms with Crippen molar-refractivity contribution >= 4 is 11.6 Å². The smallest absolute Gasteiger partial charge is 0.387 e. The topological polar surface area (TPSA) is 41.1 Å². The molecule has 116 valence electrons. The fourth-order valence-corrected chi connectivity index (χ4v) is 2.67. The van der Waals surface area contributed by atoms with Crippen molar-refractivity contribution < 1.29 is 18.0 Å². The van der Waals surface area contributed by atoms with Crippen molar-refractivity contribution in [2.75, 3.05) is 18.9 Å². The number of anilines is 1. The monoisotopic (exact) mass is 300 g/mol. The molecule has 1 saturated carbocycles. The average Bonchev–Trinajstić information content (AvgIpc) is 2.96. The van der Waals surface area contributed by atoms with E-state index in [1.807, 2.05) is 0 Å². The molecule has 0 bridgehead atoms. The third kappa shape index (κ3) is 3.89. The van der Waals surface area contributed by atoms with Gasteiger partial charge in [0.15, 0.2) is 0 Å². The molecule has 1 aromatic rings. The van der Waals surface area contributed by atoms with Gasteiger partial charge >= 0.3 is 6.18 Å². The van der Waals surface area contributed by atoms with Crippen molar-refractivity contribution in [3.05, 3.63) is 29.3 Å². The second-order valence-electron chi connectivity index (χ2n) is 5.37. The number of halogens is 3. The van der Waals surface area contributed by atoms with E-state index in [2.05, 4.69) is 10.6 Å². The number of benzene rings is 1. The highest BCUT2D eigenvalue weighted by Gasteiger charge is 2.31. The fraction of sp³-hybridized carbons (Fsp3) is 0.533.